The van der Waals surface area contributed by atoms with Gasteiger partial charge in [-0.3, -0.25) is 4.57 Å². The van der Waals surface area contributed by atoms with E-state index in [1.54, 1.807) is 0 Å². The molecule has 4 N–H and O–H groups in total. The van der Waals surface area contributed by atoms with Crippen LogP contribution < -0.4 is 5.73 Å². The normalized spacial score (nSPS) is 30.2. The summed E-state index contributed by atoms with van der Waals surface area (Å²) in [5, 5.41) is 18.6. The molecule has 10 heteroatoms. The summed E-state index contributed by atoms with van der Waals surface area (Å²) in [6.07, 6.45) is -4.08. The molecule has 0 aliphatic carbocycles. The monoisotopic (exact) mass is 303 g/mol. The van der Waals surface area contributed by atoms with Crippen LogP contribution in [-0.2, 0) is 4.74 Å². The number of hydrogen-bond donors (Lipinski definition) is 3. The lowest BCUT2D eigenvalue weighted by molar-refractivity contribution is -0.0459. The molecule has 0 radical (unpaired) electrons. The predicted octanol–water partition coefficient (Wildman–Crippen LogP) is -0.349. The molecule has 0 bridgehead atoms. The van der Waals surface area contributed by atoms with Gasteiger partial charge in [-0.15, -0.1) is 0 Å². The van der Waals surface area contributed by atoms with Crippen LogP contribution in [0.1, 0.15) is 6.23 Å². The Morgan fingerprint density at radius 3 is 2.90 bits per heavy atom. The largest absolute Gasteiger partial charge is 0.394 e. The number of aliphatic hydroxyl groups excluding tert-OH is 2. The number of nitrogens with two attached hydrogens (primary N) is 1. The third-order valence-electron chi connectivity index (χ3n) is 3.17. The van der Waals surface area contributed by atoms with E-state index in [-0.39, 0.29) is 22.3 Å². The number of rotatable bonds is 2. The molecule has 0 aromatic carbocycles. The van der Waals surface area contributed by atoms with Gasteiger partial charge in [0.25, 0.3) is 0 Å². The molecular weight excluding hydrogens is 293 g/mol. The summed E-state index contributed by atoms with van der Waals surface area (Å²) in [6.45, 7) is -0.497. The summed E-state index contributed by atoms with van der Waals surface area (Å²) in [5.74, 6) is 0.0615. The van der Waals surface area contributed by atoms with Gasteiger partial charge in [0.05, 0.1) is 12.9 Å². The van der Waals surface area contributed by atoms with Crippen LogP contribution in [-0.4, -0.2) is 54.7 Å². The lowest BCUT2D eigenvalue weighted by Crippen LogP contribution is -2.30. The highest BCUT2D eigenvalue weighted by Gasteiger charge is 2.45. The van der Waals surface area contributed by atoms with E-state index in [0.29, 0.717) is 0 Å². The van der Waals surface area contributed by atoms with Crippen molar-refractivity contribution in [3.63, 3.8) is 0 Å². The standard InChI is InChI=1S/C10H11ClFN5O3/c11-10-15-7(13)5-8(16-10)17(2-14-5)9-4(12)6(19)3(1-18)20-9/h2-4,6,9,18-19H,1H2,(H2,13,15,16)/t3?,4-,6+,9+/m0/s1. The van der Waals surface area contributed by atoms with Crippen molar-refractivity contribution >= 4 is 28.6 Å². The molecule has 3 heterocycles. The fourth-order valence-corrected chi connectivity index (χ4v) is 2.35. The maximum absolute atomic E-state index is 14.1. The van der Waals surface area contributed by atoms with Crippen molar-refractivity contribution in [3.8, 4) is 0 Å². The van der Waals surface area contributed by atoms with Crippen molar-refractivity contribution in [1.82, 2.24) is 19.5 Å². The average Bonchev–Trinajstić information content (AvgIpc) is 2.93. The number of anilines is 1. The van der Waals surface area contributed by atoms with E-state index in [4.69, 9.17) is 27.2 Å². The van der Waals surface area contributed by atoms with Gasteiger partial charge in [-0.2, -0.15) is 9.97 Å². The Kier molecular flexibility index (Phi) is 3.21. The number of aliphatic hydroxyl groups is 2. The van der Waals surface area contributed by atoms with E-state index in [1.807, 2.05) is 0 Å². The zero-order valence-electron chi connectivity index (χ0n) is 10.0. The molecule has 8 nitrogen and oxygen atoms in total. The molecule has 1 unspecified atom stereocenters. The van der Waals surface area contributed by atoms with Crippen LogP contribution in [0.2, 0.25) is 5.28 Å². The quantitative estimate of drug-likeness (QED) is 0.649. The number of ether oxygens (including phenoxy) is 1. The maximum atomic E-state index is 14.1. The van der Waals surface area contributed by atoms with Gasteiger partial charge in [-0.05, 0) is 11.6 Å². The topological polar surface area (TPSA) is 119 Å². The highest BCUT2D eigenvalue weighted by molar-refractivity contribution is 6.28. The van der Waals surface area contributed by atoms with Crippen LogP contribution in [0, 0.1) is 0 Å². The Balaban J connectivity index is 2.07. The lowest BCUT2D eigenvalue weighted by Gasteiger charge is -2.15. The smallest absolute Gasteiger partial charge is 0.226 e. The number of alkyl halides is 1. The van der Waals surface area contributed by atoms with Crippen LogP contribution in [0.25, 0.3) is 11.2 Å². The van der Waals surface area contributed by atoms with Crippen LogP contribution in [0.15, 0.2) is 6.33 Å². The van der Waals surface area contributed by atoms with E-state index >= 15 is 0 Å². The van der Waals surface area contributed by atoms with Crippen molar-refractivity contribution < 1.29 is 19.3 Å². The number of nitrogens with zero attached hydrogens (tertiary/aromatic N) is 4. The van der Waals surface area contributed by atoms with Crippen molar-refractivity contribution in [2.75, 3.05) is 12.3 Å². The number of aromatic nitrogens is 4. The number of hydrogen-bond acceptors (Lipinski definition) is 7. The van der Waals surface area contributed by atoms with Crippen LogP contribution in [0.4, 0.5) is 10.2 Å². The second-order valence-corrected chi connectivity index (χ2v) is 4.72. The zero-order valence-corrected chi connectivity index (χ0v) is 10.8. The molecule has 3 rings (SSSR count). The number of halogens is 2. The van der Waals surface area contributed by atoms with Crippen molar-refractivity contribution in [2.24, 2.45) is 0 Å². The van der Waals surface area contributed by atoms with E-state index in [9.17, 15) is 9.50 Å². The van der Waals surface area contributed by atoms with Crippen molar-refractivity contribution in [1.29, 1.82) is 0 Å². The molecule has 1 fully saturated rings. The minimum atomic E-state index is -1.74. The van der Waals surface area contributed by atoms with E-state index in [1.165, 1.54) is 10.9 Å². The molecule has 4 atom stereocenters. The highest BCUT2D eigenvalue weighted by Crippen LogP contribution is 2.34. The molecule has 1 aliphatic rings. The molecule has 0 spiro atoms. The van der Waals surface area contributed by atoms with Crippen LogP contribution in [0.3, 0.4) is 0 Å². The van der Waals surface area contributed by atoms with E-state index in [2.05, 4.69) is 15.0 Å². The average molecular weight is 304 g/mol. The minimum absolute atomic E-state index is 0.0615. The fraction of sp³-hybridized carbons (Fsp3) is 0.500. The molecule has 20 heavy (non-hydrogen) atoms. The Labute approximate surface area is 117 Å². The summed E-state index contributed by atoms with van der Waals surface area (Å²) >= 11 is 5.71. The number of fused-ring (bicyclic) bond motifs is 1. The highest BCUT2D eigenvalue weighted by atomic mass is 35.5. The number of imidazole rings is 1. The zero-order chi connectivity index (χ0) is 14.4. The SMILES string of the molecule is Nc1nc(Cl)nc2c1ncn2[C@@H]1OC(CO)[C@@H](O)[C@@H]1F. The van der Waals surface area contributed by atoms with Crippen LogP contribution >= 0.6 is 11.6 Å². The Bertz CT molecular complexity index is 653. The van der Waals surface area contributed by atoms with Gasteiger partial charge >= 0.3 is 0 Å². The summed E-state index contributed by atoms with van der Waals surface area (Å²) < 4.78 is 20.6. The van der Waals surface area contributed by atoms with Gasteiger partial charge in [0.2, 0.25) is 5.28 Å². The molecule has 2 aromatic rings. The third-order valence-corrected chi connectivity index (χ3v) is 3.34. The molecule has 1 saturated heterocycles. The first kappa shape index (κ1) is 13.4. The van der Waals surface area contributed by atoms with Crippen molar-refractivity contribution in [2.45, 2.75) is 24.6 Å². The molecule has 1 aliphatic heterocycles. The van der Waals surface area contributed by atoms with Gasteiger partial charge < -0.3 is 20.7 Å². The maximum Gasteiger partial charge on any atom is 0.226 e. The summed E-state index contributed by atoms with van der Waals surface area (Å²) in [4.78, 5) is 11.7. The first-order valence-electron chi connectivity index (χ1n) is 5.77. The number of nitrogen functional groups attached to an aromatic ring is 1. The van der Waals surface area contributed by atoms with Crippen molar-refractivity contribution in [3.05, 3.63) is 11.6 Å². The Morgan fingerprint density at radius 1 is 1.50 bits per heavy atom. The Morgan fingerprint density at radius 2 is 2.25 bits per heavy atom. The summed E-state index contributed by atoms with van der Waals surface area (Å²) in [7, 11) is 0. The first-order valence-corrected chi connectivity index (χ1v) is 6.14. The molecule has 0 amide bonds. The Hall–Kier alpha value is -1.55. The first-order chi connectivity index (χ1) is 9.52. The van der Waals surface area contributed by atoms with Gasteiger partial charge in [0.15, 0.2) is 23.9 Å². The second-order valence-electron chi connectivity index (χ2n) is 4.38. The second kappa shape index (κ2) is 4.77. The van der Waals surface area contributed by atoms with Gasteiger partial charge in [0.1, 0.15) is 17.7 Å². The summed E-state index contributed by atoms with van der Waals surface area (Å²) in [6, 6.07) is 0. The molecule has 108 valence electrons. The predicted molar refractivity (Wildman–Crippen MR) is 66.6 cm³/mol. The summed E-state index contributed by atoms with van der Waals surface area (Å²) in [5.41, 5.74) is 6.10. The minimum Gasteiger partial charge on any atom is -0.394 e. The molecule has 0 saturated carbocycles. The third kappa shape index (κ3) is 1.90. The van der Waals surface area contributed by atoms with Gasteiger partial charge in [-0.1, -0.05) is 0 Å². The van der Waals surface area contributed by atoms with E-state index in [0.717, 1.165) is 0 Å². The van der Waals surface area contributed by atoms with Crippen LogP contribution in [0.5, 0.6) is 0 Å². The molecular formula is C10H11ClFN5O3. The van der Waals surface area contributed by atoms with E-state index < -0.39 is 31.2 Å². The fourth-order valence-electron chi connectivity index (χ4n) is 2.18. The van der Waals surface area contributed by atoms with Gasteiger partial charge in [0, 0.05) is 0 Å². The van der Waals surface area contributed by atoms with Gasteiger partial charge in [-0.25, -0.2) is 9.37 Å². The molecule has 2 aromatic heterocycles. The lowest BCUT2D eigenvalue weighted by atomic mass is 10.1.